The molecule has 132 valence electrons. The first-order chi connectivity index (χ1) is 12.6. The number of carbonyl (C=O) groups excluding carboxylic acids is 3. The topological polar surface area (TPSA) is 117 Å². The summed E-state index contributed by atoms with van der Waals surface area (Å²) in [5.74, 6) is -2.59. The lowest BCUT2D eigenvalue weighted by molar-refractivity contribution is -0.138. The highest BCUT2D eigenvalue weighted by Crippen LogP contribution is 2.17. The second kappa shape index (κ2) is 7.52. The lowest BCUT2D eigenvalue weighted by Crippen LogP contribution is -2.43. The first kappa shape index (κ1) is 17.2. The highest BCUT2D eigenvalue weighted by Gasteiger charge is 2.18. The number of rotatable bonds is 4. The van der Waals surface area contributed by atoms with Crippen LogP contribution in [0.2, 0.25) is 0 Å². The maximum atomic E-state index is 12.0. The highest BCUT2D eigenvalue weighted by molar-refractivity contribution is 6.38. The van der Waals surface area contributed by atoms with Gasteiger partial charge in [-0.15, -0.1) is 0 Å². The lowest BCUT2D eigenvalue weighted by Gasteiger charge is -2.07. The SMILES string of the molecule is Nc1ccccc1C(=O)NC(=O)C(=O)NCCc1c[nH]c2ccccc12. The highest BCUT2D eigenvalue weighted by atomic mass is 16.2. The normalized spacial score (nSPS) is 10.5. The number of benzene rings is 2. The fourth-order valence-electron chi connectivity index (χ4n) is 2.66. The zero-order valence-electron chi connectivity index (χ0n) is 13.9. The number of aromatic nitrogens is 1. The molecule has 0 unspecified atom stereocenters. The average Bonchev–Trinajstić information content (AvgIpc) is 3.05. The van der Waals surface area contributed by atoms with Gasteiger partial charge in [-0.3, -0.25) is 19.7 Å². The summed E-state index contributed by atoms with van der Waals surface area (Å²) in [6, 6.07) is 14.1. The van der Waals surface area contributed by atoms with Gasteiger partial charge in [0.15, 0.2) is 0 Å². The van der Waals surface area contributed by atoms with Crippen molar-refractivity contribution in [3.63, 3.8) is 0 Å². The molecule has 1 aromatic heterocycles. The minimum atomic E-state index is -1.02. The monoisotopic (exact) mass is 350 g/mol. The van der Waals surface area contributed by atoms with Gasteiger partial charge in [0.25, 0.3) is 5.91 Å². The van der Waals surface area contributed by atoms with Crippen molar-refractivity contribution in [1.29, 1.82) is 0 Å². The number of nitrogens with one attached hydrogen (secondary N) is 3. The van der Waals surface area contributed by atoms with E-state index in [-0.39, 0.29) is 17.8 Å². The molecule has 0 fully saturated rings. The quantitative estimate of drug-likeness (QED) is 0.420. The van der Waals surface area contributed by atoms with Crippen molar-refractivity contribution in [1.82, 2.24) is 15.6 Å². The summed E-state index contributed by atoms with van der Waals surface area (Å²) in [6.07, 6.45) is 2.43. The number of hydrogen-bond donors (Lipinski definition) is 4. The third kappa shape index (κ3) is 3.72. The summed E-state index contributed by atoms with van der Waals surface area (Å²) in [4.78, 5) is 38.9. The van der Waals surface area contributed by atoms with E-state index < -0.39 is 17.7 Å². The molecule has 7 nitrogen and oxygen atoms in total. The number of nitrogen functional groups attached to an aromatic ring is 1. The predicted molar refractivity (Wildman–Crippen MR) is 98.3 cm³/mol. The Kier molecular flexibility index (Phi) is 4.98. The Balaban J connectivity index is 1.52. The number of H-pyrrole nitrogens is 1. The zero-order valence-corrected chi connectivity index (χ0v) is 13.9. The van der Waals surface area contributed by atoms with Gasteiger partial charge in [0.1, 0.15) is 0 Å². The van der Waals surface area contributed by atoms with Crippen LogP contribution in [0.4, 0.5) is 5.69 Å². The second-order valence-electron chi connectivity index (χ2n) is 5.74. The van der Waals surface area contributed by atoms with Crippen LogP contribution in [-0.2, 0) is 16.0 Å². The maximum Gasteiger partial charge on any atom is 0.316 e. The molecule has 1 heterocycles. The Morgan fingerprint density at radius 2 is 1.69 bits per heavy atom. The Hall–Kier alpha value is -3.61. The summed E-state index contributed by atoms with van der Waals surface area (Å²) in [6.45, 7) is 0.274. The van der Waals surface area contributed by atoms with Crippen LogP contribution < -0.4 is 16.4 Å². The minimum absolute atomic E-state index is 0.146. The van der Waals surface area contributed by atoms with Gasteiger partial charge in [0.2, 0.25) is 0 Å². The van der Waals surface area contributed by atoms with Crippen molar-refractivity contribution in [2.45, 2.75) is 6.42 Å². The average molecular weight is 350 g/mol. The molecule has 0 saturated heterocycles. The molecule has 0 saturated carbocycles. The van der Waals surface area contributed by atoms with E-state index >= 15 is 0 Å². The second-order valence-corrected chi connectivity index (χ2v) is 5.74. The number of aromatic amines is 1. The van der Waals surface area contributed by atoms with E-state index in [0.29, 0.717) is 6.42 Å². The van der Waals surface area contributed by atoms with Crippen molar-refractivity contribution < 1.29 is 14.4 Å². The van der Waals surface area contributed by atoms with Gasteiger partial charge in [-0.25, -0.2) is 0 Å². The predicted octanol–water partition coefficient (Wildman–Crippen LogP) is 1.37. The molecule has 3 rings (SSSR count). The molecular formula is C19H18N4O3. The van der Waals surface area contributed by atoms with Crippen LogP contribution >= 0.6 is 0 Å². The Bertz CT molecular complexity index is 978. The fraction of sp³-hybridized carbons (Fsp3) is 0.105. The molecule has 2 aromatic carbocycles. The zero-order chi connectivity index (χ0) is 18.5. The molecule has 0 spiro atoms. The van der Waals surface area contributed by atoms with E-state index in [1.54, 1.807) is 18.2 Å². The number of fused-ring (bicyclic) bond motifs is 1. The van der Waals surface area contributed by atoms with Gasteiger partial charge < -0.3 is 16.0 Å². The van der Waals surface area contributed by atoms with Crippen LogP contribution in [0.15, 0.2) is 54.7 Å². The van der Waals surface area contributed by atoms with Gasteiger partial charge >= 0.3 is 11.8 Å². The molecule has 0 radical (unpaired) electrons. The summed E-state index contributed by atoms with van der Waals surface area (Å²) >= 11 is 0. The van der Waals surface area contributed by atoms with E-state index in [2.05, 4.69) is 10.3 Å². The summed E-state index contributed by atoms with van der Waals surface area (Å²) in [5, 5.41) is 5.61. The summed E-state index contributed by atoms with van der Waals surface area (Å²) < 4.78 is 0. The van der Waals surface area contributed by atoms with Crippen molar-refractivity contribution in [2.24, 2.45) is 0 Å². The Labute approximate surface area is 149 Å². The number of amides is 3. The van der Waals surface area contributed by atoms with Crippen LogP contribution in [-0.4, -0.2) is 29.3 Å². The van der Waals surface area contributed by atoms with Gasteiger partial charge in [0.05, 0.1) is 5.56 Å². The number of carbonyl (C=O) groups is 3. The largest absolute Gasteiger partial charge is 0.398 e. The van der Waals surface area contributed by atoms with E-state index in [1.165, 1.54) is 6.07 Å². The smallest absolute Gasteiger partial charge is 0.316 e. The van der Waals surface area contributed by atoms with Crippen LogP contribution in [0.3, 0.4) is 0 Å². The van der Waals surface area contributed by atoms with Crippen molar-refractivity contribution >= 4 is 34.3 Å². The molecular weight excluding hydrogens is 332 g/mol. The molecule has 26 heavy (non-hydrogen) atoms. The molecule has 7 heteroatoms. The third-order valence-corrected chi connectivity index (χ3v) is 3.99. The molecule has 3 amide bonds. The molecule has 0 aliphatic carbocycles. The van der Waals surface area contributed by atoms with E-state index in [0.717, 1.165) is 16.5 Å². The minimum Gasteiger partial charge on any atom is -0.398 e. The van der Waals surface area contributed by atoms with E-state index in [4.69, 9.17) is 5.73 Å². The van der Waals surface area contributed by atoms with Gasteiger partial charge in [0, 0.05) is 29.3 Å². The third-order valence-electron chi connectivity index (χ3n) is 3.99. The standard InChI is InChI=1S/C19H18N4O3/c20-15-7-3-1-6-14(15)17(24)23-19(26)18(25)21-10-9-12-11-22-16-8-4-2-5-13(12)16/h1-8,11,22H,9-10,20H2,(H,21,25)(H,23,24,26). The van der Waals surface area contributed by atoms with Crippen LogP contribution in [0.5, 0.6) is 0 Å². The first-order valence-corrected chi connectivity index (χ1v) is 8.09. The van der Waals surface area contributed by atoms with Gasteiger partial charge in [-0.1, -0.05) is 30.3 Å². The number of nitrogens with two attached hydrogens (primary N) is 1. The van der Waals surface area contributed by atoms with Gasteiger partial charge in [-0.05, 0) is 30.2 Å². The van der Waals surface area contributed by atoms with Crippen molar-refractivity contribution in [3.8, 4) is 0 Å². The van der Waals surface area contributed by atoms with Crippen LogP contribution in [0.25, 0.3) is 10.9 Å². The van der Waals surface area contributed by atoms with Crippen LogP contribution in [0.1, 0.15) is 15.9 Å². The Morgan fingerprint density at radius 3 is 2.50 bits per heavy atom. The molecule has 0 atom stereocenters. The fourth-order valence-corrected chi connectivity index (χ4v) is 2.66. The Morgan fingerprint density at radius 1 is 0.962 bits per heavy atom. The molecule has 0 aliphatic heterocycles. The maximum absolute atomic E-state index is 12.0. The number of imide groups is 1. The lowest BCUT2D eigenvalue weighted by atomic mass is 10.1. The number of para-hydroxylation sites is 2. The van der Waals surface area contributed by atoms with Crippen molar-refractivity contribution in [3.05, 3.63) is 65.9 Å². The summed E-state index contributed by atoms with van der Waals surface area (Å²) in [5.41, 5.74) is 8.11. The van der Waals surface area contributed by atoms with E-state index in [9.17, 15) is 14.4 Å². The first-order valence-electron chi connectivity index (χ1n) is 8.09. The molecule has 0 aliphatic rings. The molecule has 3 aromatic rings. The van der Waals surface area contributed by atoms with Crippen molar-refractivity contribution in [2.75, 3.05) is 12.3 Å². The van der Waals surface area contributed by atoms with E-state index in [1.807, 2.05) is 35.8 Å². The van der Waals surface area contributed by atoms with Crippen LogP contribution in [0, 0.1) is 0 Å². The number of hydrogen-bond acceptors (Lipinski definition) is 4. The summed E-state index contributed by atoms with van der Waals surface area (Å²) in [7, 11) is 0. The molecule has 0 bridgehead atoms. The number of anilines is 1. The van der Waals surface area contributed by atoms with Gasteiger partial charge in [-0.2, -0.15) is 0 Å². The molecule has 5 N–H and O–H groups in total.